The molecular weight excluding hydrogens is 471 g/mol. The molecule has 35 heavy (non-hydrogen) atoms. The van der Waals surface area contributed by atoms with E-state index in [1.807, 2.05) is 25.7 Å². The SMILES string of the molecule is C=CC(=O)N1CCN(c2nc(=O)n(-c3c(C)ccnc3C(C)C)c3nc(Cl)c(F)cc23)C(C=C)C1. The summed E-state index contributed by atoms with van der Waals surface area (Å²) in [6, 6.07) is 2.68. The van der Waals surface area contributed by atoms with Crippen LogP contribution < -0.4 is 10.6 Å². The Balaban J connectivity index is 1.98. The molecule has 1 aliphatic rings. The number of piperazine rings is 1. The predicted molar refractivity (Wildman–Crippen MR) is 135 cm³/mol. The maximum absolute atomic E-state index is 14.7. The number of hydrogen-bond donors (Lipinski definition) is 0. The highest BCUT2D eigenvalue weighted by Crippen LogP contribution is 2.32. The minimum absolute atomic E-state index is 0.00284. The number of rotatable bonds is 5. The van der Waals surface area contributed by atoms with Gasteiger partial charge in [0.15, 0.2) is 16.6 Å². The number of hydrogen-bond acceptors (Lipinski definition) is 6. The van der Waals surface area contributed by atoms with Crippen LogP contribution in [0.5, 0.6) is 0 Å². The molecule has 0 radical (unpaired) electrons. The molecule has 1 atom stereocenters. The first-order chi connectivity index (χ1) is 16.7. The van der Waals surface area contributed by atoms with Gasteiger partial charge in [-0.25, -0.2) is 18.7 Å². The van der Waals surface area contributed by atoms with Crippen LogP contribution in [0.3, 0.4) is 0 Å². The summed E-state index contributed by atoms with van der Waals surface area (Å²) in [5.41, 5.74) is 1.62. The zero-order valence-corrected chi connectivity index (χ0v) is 20.6. The van der Waals surface area contributed by atoms with Gasteiger partial charge in [-0.2, -0.15) is 4.98 Å². The Morgan fingerprint density at radius 3 is 2.69 bits per heavy atom. The van der Waals surface area contributed by atoms with E-state index in [9.17, 15) is 14.0 Å². The van der Waals surface area contributed by atoms with E-state index < -0.39 is 11.5 Å². The Kier molecular flexibility index (Phi) is 6.71. The van der Waals surface area contributed by atoms with Gasteiger partial charge in [0.2, 0.25) is 5.91 Å². The maximum Gasteiger partial charge on any atom is 0.355 e. The van der Waals surface area contributed by atoms with E-state index in [4.69, 9.17) is 11.6 Å². The van der Waals surface area contributed by atoms with E-state index in [0.717, 1.165) is 5.56 Å². The van der Waals surface area contributed by atoms with Gasteiger partial charge in [-0.05, 0) is 36.6 Å². The second-order valence-electron chi connectivity index (χ2n) is 8.69. The van der Waals surface area contributed by atoms with Gasteiger partial charge in [0, 0.05) is 25.8 Å². The van der Waals surface area contributed by atoms with Crippen molar-refractivity contribution in [1.82, 2.24) is 24.4 Å². The molecule has 0 bridgehead atoms. The third-order valence-electron chi connectivity index (χ3n) is 6.13. The van der Waals surface area contributed by atoms with Crippen LogP contribution in [0, 0.1) is 12.7 Å². The monoisotopic (exact) mass is 496 g/mol. The lowest BCUT2D eigenvalue weighted by atomic mass is 10.0. The van der Waals surface area contributed by atoms with Crippen LogP contribution in [0.2, 0.25) is 5.15 Å². The van der Waals surface area contributed by atoms with E-state index in [0.29, 0.717) is 36.4 Å². The number of fused-ring (bicyclic) bond motifs is 1. The molecule has 0 saturated carbocycles. The number of amides is 1. The molecule has 0 aliphatic carbocycles. The average Bonchev–Trinajstić information content (AvgIpc) is 2.84. The largest absolute Gasteiger partial charge is 0.355 e. The van der Waals surface area contributed by atoms with Crippen molar-refractivity contribution in [2.24, 2.45) is 0 Å². The van der Waals surface area contributed by atoms with Crippen LogP contribution in [0.15, 0.2) is 48.4 Å². The molecule has 8 nitrogen and oxygen atoms in total. The van der Waals surface area contributed by atoms with Crippen molar-refractivity contribution in [1.29, 1.82) is 0 Å². The summed E-state index contributed by atoms with van der Waals surface area (Å²) in [6.45, 7) is 14.3. The Labute approximate surface area is 207 Å². The van der Waals surface area contributed by atoms with Crippen molar-refractivity contribution in [3.05, 3.63) is 76.4 Å². The van der Waals surface area contributed by atoms with Crippen molar-refractivity contribution in [2.75, 3.05) is 24.5 Å². The molecule has 4 heterocycles. The summed E-state index contributed by atoms with van der Waals surface area (Å²) in [6.07, 6.45) is 4.61. The van der Waals surface area contributed by atoms with Crippen molar-refractivity contribution < 1.29 is 9.18 Å². The Morgan fingerprint density at radius 2 is 2.03 bits per heavy atom. The van der Waals surface area contributed by atoms with E-state index in [1.54, 1.807) is 23.2 Å². The van der Waals surface area contributed by atoms with Crippen LogP contribution in [0.4, 0.5) is 10.2 Å². The normalized spacial score (nSPS) is 16.1. The van der Waals surface area contributed by atoms with Crippen molar-refractivity contribution in [3.63, 3.8) is 0 Å². The number of carbonyl (C=O) groups excluding carboxylic acids is 1. The zero-order chi connectivity index (χ0) is 25.4. The summed E-state index contributed by atoms with van der Waals surface area (Å²) >= 11 is 6.08. The minimum atomic E-state index is -0.727. The molecule has 1 unspecified atom stereocenters. The smallest absolute Gasteiger partial charge is 0.346 e. The average molecular weight is 497 g/mol. The van der Waals surface area contributed by atoms with Gasteiger partial charge in [-0.3, -0.25) is 9.78 Å². The highest BCUT2D eigenvalue weighted by molar-refractivity contribution is 6.30. The van der Waals surface area contributed by atoms with Crippen LogP contribution in [-0.4, -0.2) is 56.0 Å². The van der Waals surface area contributed by atoms with Gasteiger partial charge in [0.1, 0.15) is 5.82 Å². The Hall–Kier alpha value is -3.59. The van der Waals surface area contributed by atoms with Crippen LogP contribution in [0.25, 0.3) is 16.7 Å². The second kappa shape index (κ2) is 9.58. The summed E-state index contributed by atoms with van der Waals surface area (Å²) < 4.78 is 16.0. The fourth-order valence-electron chi connectivity index (χ4n) is 4.39. The minimum Gasteiger partial charge on any atom is -0.346 e. The number of nitrogens with zero attached hydrogens (tertiary/aromatic N) is 6. The van der Waals surface area contributed by atoms with Gasteiger partial charge >= 0.3 is 5.69 Å². The molecule has 0 spiro atoms. The van der Waals surface area contributed by atoms with Gasteiger partial charge < -0.3 is 9.80 Å². The molecule has 0 aromatic carbocycles. The van der Waals surface area contributed by atoms with E-state index in [2.05, 4.69) is 28.1 Å². The van der Waals surface area contributed by atoms with Crippen molar-refractivity contribution >= 4 is 34.4 Å². The molecule has 1 amide bonds. The van der Waals surface area contributed by atoms with Crippen LogP contribution >= 0.6 is 11.6 Å². The number of aryl methyl sites for hydroxylation is 1. The zero-order valence-electron chi connectivity index (χ0n) is 19.8. The molecular formula is C25H26ClFN6O2. The summed E-state index contributed by atoms with van der Waals surface area (Å²) in [7, 11) is 0. The van der Waals surface area contributed by atoms with Crippen LogP contribution in [-0.2, 0) is 4.79 Å². The second-order valence-corrected chi connectivity index (χ2v) is 9.04. The third kappa shape index (κ3) is 4.32. The van der Waals surface area contributed by atoms with E-state index in [1.165, 1.54) is 16.7 Å². The van der Waals surface area contributed by atoms with E-state index >= 15 is 0 Å². The molecule has 4 rings (SSSR count). The molecule has 1 saturated heterocycles. The summed E-state index contributed by atoms with van der Waals surface area (Å²) in [4.78, 5) is 42.3. The van der Waals surface area contributed by atoms with Gasteiger partial charge in [0.25, 0.3) is 0 Å². The molecule has 1 aliphatic heterocycles. The maximum atomic E-state index is 14.7. The summed E-state index contributed by atoms with van der Waals surface area (Å²) in [5.74, 6) is -0.664. The fourth-order valence-corrected chi connectivity index (χ4v) is 4.53. The lowest BCUT2D eigenvalue weighted by molar-refractivity contribution is -0.126. The Bertz CT molecular complexity index is 1400. The summed E-state index contributed by atoms with van der Waals surface area (Å²) in [5, 5.41) is -0.0306. The quantitative estimate of drug-likeness (QED) is 0.303. The van der Waals surface area contributed by atoms with Crippen molar-refractivity contribution in [2.45, 2.75) is 32.7 Å². The lowest BCUT2D eigenvalue weighted by Crippen LogP contribution is -2.54. The number of anilines is 1. The topological polar surface area (TPSA) is 84.2 Å². The number of halogens is 2. The van der Waals surface area contributed by atoms with Gasteiger partial charge in [-0.15, -0.1) is 6.58 Å². The number of carbonyl (C=O) groups is 1. The fraction of sp³-hybridized carbons (Fsp3) is 0.320. The first-order valence-electron chi connectivity index (χ1n) is 11.2. The van der Waals surface area contributed by atoms with Gasteiger partial charge in [-0.1, -0.05) is 38.1 Å². The van der Waals surface area contributed by atoms with Crippen molar-refractivity contribution in [3.8, 4) is 5.69 Å². The van der Waals surface area contributed by atoms with Crippen LogP contribution in [0.1, 0.15) is 31.0 Å². The molecule has 1 fully saturated rings. The highest BCUT2D eigenvalue weighted by atomic mass is 35.5. The first-order valence-corrected chi connectivity index (χ1v) is 11.6. The third-order valence-corrected chi connectivity index (χ3v) is 6.40. The molecule has 3 aromatic rings. The van der Waals surface area contributed by atoms with Gasteiger partial charge in [0.05, 0.1) is 22.8 Å². The van der Waals surface area contributed by atoms with E-state index in [-0.39, 0.29) is 34.5 Å². The first kappa shape index (κ1) is 24.5. The number of pyridine rings is 2. The molecule has 10 heteroatoms. The Morgan fingerprint density at radius 1 is 1.29 bits per heavy atom. The molecule has 3 aromatic heterocycles. The standard InChI is InChI=1S/C25H26ClFN6O2/c1-6-16-13-31(19(34)7-2)10-11-32(16)23-17-12-18(27)22(26)29-24(17)33(25(35)30-23)21-15(5)8-9-28-20(21)14(3)4/h6-9,12,14,16H,1-2,10-11,13H2,3-5H3. The lowest BCUT2D eigenvalue weighted by Gasteiger charge is -2.40. The predicted octanol–water partition coefficient (Wildman–Crippen LogP) is 3.79. The highest BCUT2D eigenvalue weighted by Gasteiger charge is 2.31. The molecule has 182 valence electrons. The molecule has 0 N–H and O–H groups in total. The number of aromatic nitrogens is 4.